The van der Waals surface area contributed by atoms with Crippen LogP contribution in [0.2, 0.25) is 0 Å². The summed E-state index contributed by atoms with van der Waals surface area (Å²) >= 11 is 1.01. The summed E-state index contributed by atoms with van der Waals surface area (Å²) in [6.45, 7) is 2.92. The Hall–Kier alpha value is -0.620. The highest BCUT2D eigenvalue weighted by atomic mass is 127. The zero-order valence-corrected chi connectivity index (χ0v) is 15.7. The highest BCUT2D eigenvalue weighted by Crippen LogP contribution is 2.29. The molecule has 1 rings (SSSR count). The van der Waals surface area contributed by atoms with Crippen LogP contribution in [-0.4, -0.2) is 44.3 Å². The van der Waals surface area contributed by atoms with Gasteiger partial charge in [-0.3, -0.25) is 4.99 Å². The number of nitrogens with one attached hydrogen (secondary N) is 2. The van der Waals surface area contributed by atoms with Gasteiger partial charge in [-0.05, 0) is 6.92 Å². The first kappa shape index (κ1) is 21.4. The molecule has 22 heavy (non-hydrogen) atoms. The normalized spacial score (nSPS) is 13.5. The zero-order valence-electron chi connectivity index (χ0n) is 12.5. The van der Waals surface area contributed by atoms with E-state index in [4.69, 9.17) is 4.74 Å². The molecule has 1 atom stereocenters. The molecule has 0 bridgehead atoms. The average molecular weight is 452 g/mol. The van der Waals surface area contributed by atoms with Crippen LogP contribution in [0.15, 0.2) is 10.4 Å². The molecule has 0 radical (unpaired) electrons. The molecule has 1 unspecified atom stereocenters. The van der Waals surface area contributed by atoms with Gasteiger partial charge in [-0.2, -0.15) is 13.2 Å². The Labute approximate surface area is 148 Å². The Morgan fingerprint density at radius 1 is 1.50 bits per heavy atom. The molecule has 128 valence electrons. The molecule has 0 saturated carbocycles. The number of hydrogen-bond donors (Lipinski definition) is 2. The van der Waals surface area contributed by atoms with Gasteiger partial charge in [-0.15, -0.1) is 35.3 Å². The monoisotopic (exact) mass is 452 g/mol. The summed E-state index contributed by atoms with van der Waals surface area (Å²) < 4.78 is 42.2. The van der Waals surface area contributed by atoms with Crippen molar-refractivity contribution in [3.63, 3.8) is 0 Å². The minimum Gasteiger partial charge on any atom is -0.383 e. The van der Waals surface area contributed by atoms with E-state index in [2.05, 4.69) is 20.6 Å². The third kappa shape index (κ3) is 7.58. The Bertz CT molecular complexity index is 467. The number of aromatic nitrogens is 1. The third-order valence-corrected chi connectivity index (χ3v) is 3.41. The molecule has 0 aliphatic heterocycles. The number of thiazole rings is 1. The van der Waals surface area contributed by atoms with Crippen LogP contribution < -0.4 is 10.6 Å². The summed E-state index contributed by atoms with van der Waals surface area (Å²) in [6.07, 6.45) is -3.98. The van der Waals surface area contributed by atoms with E-state index in [9.17, 15) is 13.2 Å². The zero-order chi connectivity index (χ0) is 15.9. The largest absolute Gasteiger partial charge is 0.434 e. The van der Waals surface area contributed by atoms with E-state index < -0.39 is 11.9 Å². The number of hydrogen-bond acceptors (Lipinski definition) is 4. The van der Waals surface area contributed by atoms with Crippen molar-refractivity contribution in [1.82, 2.24) is 15.6 Å². The Kier molecular flexibility index (Phi) is 9.92. The first-order valence-corrected chi connectivity index (χ1v) is 7.22. The van der Waals surface area contributed by atoms with E-state index in [1.165, 1.54) is 0 Å². The molecule has 2 N–H and O–H groups in total. The predicted molar refractivity (Wildman–Crippen MR) is 92.1 cm³/mol. The number of aliphatic imine (C=N–C) groups is 1. The van der Waals surface area contributed by atoms with E-state index >= 15 is 0 Å². The summed E-state index contributed by atoms with van der Waals surface area (Å²) in [7, 11) is 3.23. The number of methoxy groups -OCH3 is 1. The second-order valence-electron chi connectivity index (χ2n) is 4.37. The van der Waals surface area contributed by atoms with Crippen LogP contribution in [0.25, 0.3) is 0 Å². The second-order valence-corrected chi connectivity index (χ2v) is 5.32. The van der Waals surface area contributed by atoms with Crippen LogP contribution >= 0.6 is 35.3 Å². The lowest BCUT2D eigenvalue weighted by Crippen LogP contribution is -2.44. The van der Waals surface area contributed by atoms with Crippen LogP contribution in [0.3, 0.4) is 0 Å². The van der Waals surface area contributed by atoms with Crippen molar-refractivity contribution >= 4 is 41.3 Å². The summed E-state index contributed by atoms with van der Waals surface area (Å²) in [6, 6.07) is 0.0814. The van der Waals surface area contributed by atoms with Gasteiger partial charge >= 0.3 is 6.18 Å². The van der Waals surface area contributed by atoms with Crippen LogP contribution in [0, 0.1) is 0 Å². The van der Waals surface area contributed by atoms with Gasteiger partial charge in [0.05, 0.1) is 11.6 Å². The van der Waals surface area contributed by atoms with E-state index in [0.717, 1.165) is 16.7 Å². The van der Waals surface area contributed by atoms with Crippen LogP contribution in [0.5, 0.6) is 0 Å². The fraction of sp³-hybridized carbons (Fsp3) is 0.667. The minimum absolute atomic E-state index is 0. The van der Waals surface area contributed by atoms with Crippen molar-refractivity contribution in [2.45, 2.75) is 25.6 Å². The average Bonchev–Trinajstić information content (AvgIpc) is 2.86. The number of ether oxygens (including phenoxy) is 1. The van der Waals surface area contributed by atoms with Gasteiger partial charge in [0.2, 0.25) is 0 Å². The maximum Gasteiger partial charge on any atom is 0.434 e. The smallest absolute Gasteiger partial charge is 0.383 e. The molecular formula is C12H20F3IN4OS. The van der Waals surface area contributed by atoms with Crippen molar-refractivity contribution in [1.29, 1.82) is 0 Å². The molecule has 5 nitrogen and oxygen atoms in total. The third-order valence-electron chi connectivity index (χ3n) is 2.50. The molecule has 0 fully saturated rings. The molecule has 0 spiro atoms. The molecule has 10 heteroatoms. The number of guanidine groups is 1. The molecular weight excluding hydrogens is 432 g/mol. The number of nitrogens with zero attached hydrogens (tertiary/aromatic N) is 2. The maximum atomic E-state index is 12.4. The Balaban J connectivity index is 0.00000441. The lowest BCUT2D eigenvalue weighted by Gasteiger charge is -2.16. The Morgan fingerprint density at radius 2 is 2.18 bits per heavy atom. The van der Waals surface area contributed by atoms with Gasteiger partial charge < -0.3 is 15.4 Å². The molecule has 0 amide bonds. The molecule has 0 aromatic carbocycles. The number of alkyl halides is 3. The van der Waals surface area contributed by atoms with Gasteiger partial charge in [0.25, 0.3) is 0 Å². The van der Waals surface area contributed by atoms with E-state index in [-0.39, 0.29) is 30.0 Å². The van der Waals surface area contributed by atoms with Crippen molar-refractivity contribution in [3.05, 3.63) is 16.1 Å². The van der Waals surface area contributed by atoms with Crippen LogP contribution in [-0.2, 0) is 17.3 Å². The SMILES string of the molecule is CN=C(NCCc1nc(C(F)(F)F)cs1)NC(C)COC.I. The summed E-state index contributed by atoms with van der Waals surface area (Å²) in [5.41, 5.74) is -0.835. The fourth-order valence-corrected chi connectivity index (χ4v) is 2.37. The van der Waals surface area contributed by atoms with Crippen LogP contribution in [0.4, 0.5) is 13.2 Å². The lowest BCUT2D eigenvalue weighted by atomic mass is 10.3. The minimum atomic E-state index is -4.38. The first-order valence-electron chi connectivity index (χ1n) is 6.34. The number of halogens is 4. The Morgan fingerprint density at radius 3 is 2.68 bits per heavy atom. The standard InChI is InChI=1S/C12H19F3N4OS.HI/c1-8(6-20-3)18-11(16-2)17-5-4-10-19-9(7-21-10)12(13,14)15;/h7-8H,4-6H2,1-3H3,(H2,16,17,18);1H. The molecule has 1 aromatic rings. The lowest BCUT2D eigenvalue weighted by molar-refractivity contribution is -0.140. The first-order chi connectivity index (χ1) is 9.86. The van der Waals surface area contributed by atoms with Crippen molar-refractivity contribution in [3.8, 4) is 0 Å². The predicted octanol–water partition coefficient (Wildman–Crippen LogP) is 2.52. The molecule has 0 aliphatic rings. The van der Waals surface area contributed by atoms with Gasteiger partial charge in [-0.25, -0.2) is 4.98 Å². The maximum absolute atomic E-state index is 12.4. The summed E-state index contributed by atoms with van der Waals surface area (Å²) in [5.74, 6) is 0.576. The van der Waals surface area contributed by atoms with E-state index in [1.54, 1.807) is 14.2 Å². The second kappa shape index (κ2) is 10.2. The van der Waals surface area contributed by atoms with Crippen molar-refractivity contribution in [2.24, 2.45) is 4.99 Å². The van der Waals surface area contributed by atoms with Crippen molar-refractivity contribution < 1.29 is 17.9 Å². The van der Waals surface area contributed by atoms with Gasteiger partial charge in [0.15, 0.2) is 11.7 Å². The van der Waals surface area contributed by atoms with Crippen LogP contribution in [0.1, 0.15) is 17.6 Å². The van der Waals surface area contributed by atoms with Gasteiger partial charge in [-0.1, -0.05) is 0 Å². The summed E-state index contributed by atoms with van der Waals surface area (Å²) in [5, 5.41) is 7.59. The van der Waals surface area contributed by atoms with Gasteiger partial charge in [0.1, 0.15) is 0 Å². The highest BCUT2D eigenvalue weighted by Gasteiger charge is 2.33. The molecule has 1 aromatic heterocycles. The quantitative estimate of drug-likeness (QED) is 0.396. The summed E-state index contributed by atoms with van der Waals surface area (Å²) in [4.78, 5) is 7.60. The van der Waals surface area contributed by atoms with E-state index in [1.807, 2.05) is 6.92 Å². The van der Waals surface area contributed by atoms with E-state index in [0.29, 0.717) is 30.5 Å². The molecule has 0 aliphatic carbocycles. The fourth-order valence-electron chi connectivity index (χ4n) is 1.56. The van der Waals surface area contributed by atoms with Gasteiger partial charge in [0, 0.05) is 38.5 Å². The highest BCUT2D eigenvalue weighted by molar-refractivity contribution is 14.0. The van der Waals surface area contributed by atoms with Crippen molar-refractivity contribution in [2.75, 3.05) is 27.3 Å². The molecule has 1 heterocycles. The number of rotatable bonds is 6. The topological polar surface area (TPSA) is 58.5 Å². The molecule has 0 saturated heterocycles.